The van der Waals surface area contributed by atoms with Crippen molar-refractivity contribution >= 4 is 119 Å². The van der Waals surface area contributed by atoms with E-state index in [1.54, 1.807) is 0 Å². The Hall–Kier alpha value is -8.40. The maximum absolute atomic E-state index is 2.53. The summed E-state index contributed by atoms with van der Waals surface area (Å²) >= 11 is 0. The first kappa shape index (κ1) is 33.3. The number of fused-ring (bicyclic) bond motifs is 13. The Morgan fingerprint density at radius 2 is 0.587 bits per heavy atom. The molecule has 0 aliphatic rings. The van der Waals surface area contributed by atoms with E-state index in [0.717, 1.165) is 17.1 Å². The van der Waals surface area contributed by atoms with Crippen LogP contribution in [0.25, 0.3) is 136 Å². The Morgan fingerprint density at radius 1 is 0.190 bits per heavy atom. The van der Waals surface area contributed by atoms with Crippen LogP contribution in [-0.2, 0) is 0 Å². The van der Waals surface area contributed by atoms with Gasteiger partial charge in [0.15, 0.2) is 0 Å². The Balaban J connectivity index is 1.06. The van der Waals surface area contributed by atoms with Crippen molar-refractivity contribution in [2.75, 3.05) is 0 Å². The summed E-state index contributed by atoms with van der Waals surface area (Å²) in [5, 5.41) is 20.3. The van der Waals surface area contributed by atoms with Crippen LogP contribution >= 0.6 is 0 Å². The van der Waals surface area contributed by atoms with Gasteiger partial charge in [0.1, 0.15) is 0 Å². The Morgan fingerprint density at radius 3 is 1.11 bits per heavy atom. The zero-order valence-electron chi connectivity index (χ0n) is 34.0. The molecule has 0 bridgehead atoms. The molecule has 0 aliphatic heterocycles. The van der Waals surface area contributed by atoms with E-state index in [1.165, 1.54) is 119 Å². The number of nitrogens with zero attached hydrogens (tertiary/aromatic N) is 3. The first-order valence-corrected chi connectivity index (χ1v) is 21.8. The summed E-state index contributed by atoms with van der Waals surface area (Å²) < 4.78 is 7.46. The van der Waals surface area contributed by atoms with Crippen molar-refractivity contribution in [1.82, 2.24) is 13.7 Å². The molecule has 0 aliphatic carbocycles. The predicted octanol–water partition coefficient (Wildman–Crippen LogP) is 16.2. The molecule has 0 spiro atoms. The van der Waals surface area contributed by atoms with E-state index in [1.807, 2.05) is 0 Å². The SMILES string of the molecule is c1ccc2c(c1)ccc1c2c2ccccc2n1-c1ccc2c3ccc(-n4c5ccccc5c5c6ccccc6ccc54)cc3n(-c3cc4ccc5cccc6ccc(c3)c4c56)c2c1. The average molecular weight is 798 g/mol. The normalized spacial score (nSPS) is 12.4. The van der Waals surface area contributed by atoms with E-state index in [-0.39, 0.29) is 0 Å². The number of benzene rings is 12. The van der Waals surface area contributed by atoms with Crippen LogP contribution in [0.4, 0.5) is 0 Å². The van der Waals surface area contributed by atoms with Gasteiger partial charge in [0.05, 0.1) is 33.1 Å². The topological polar surface area (TPSA) is 14.8 Å². The molecule has 3 heteroatoms. The molecule has 15 rings (SSSR count). The van der Waals surface area contributed by atoms with Crippen molar-refractivity contribution < 1.29 is 0 Å². The molecule has 3 heterocycles. The summed E-state index contributed by atoms with van der Waals surface area (Å²) in [5.41, 5.74) is 10.6. The molecule has 0 saturated heterocycles. The zero-order chi connectivity index (χ0) is 40.9. The van der Waals surface area contributed by atoms with Gasteiger partial charge in [-0.1, -0.05) is 152 Å². The molecule has 15 aromatic rings. The average Bonchev–Trinajstić information content (AvgIpc) is 3.98. The highest BCUT2D eigenvalue weighted by molar-refractivity contribution is 6.25. The van der Waals surface area contributed by atoms with E-state index in [4.69, 9.17) is 0 Å². The third-order valence-corrected chi connectivity index (χ3v) is 14.1. The van der Waals surface area contributed by atoms with Crippen molar-refractivity contribution in [3.63, 3.8) is 0 Å². The summed E-state index contributed by atoms with van der Waals surface area (Å²) in [6.45, 7) is 0. The van der Waals surface area contributed by atoms with E-state index in [9.17, 15) is 0 Å². The Bertz CT molecular complexity index is 4170. The summed E-state index contributed by atoms with van der Waals surface area (Å²) in [7, 11) is 0. The van der Waals surface area contributed by atoms with E-state index in [2.05, 4.69) is 226 Å². The van der Waals surface area contributed by atoms with Crippen LogP contribution in [0.5, 0.6) is 0 Å². The van der Waals surface area contributed by atoms with Gasteiger partial charge in [0.2, 0.25) is 0 Å². The first-order valence-electron chi connectivity index (χ1n) is 21.8. The van der Waals surface area contributed by atoms with Gasteiger partial charge in [-0.2, -0.15) is 0 Å². The molecule has 0 saturated carbocycles. The lowest BCUT2D eigenvalue weighted by Crippen LogP contribution is -1.99. The summed E-state index contributed by atoms with van der Waals surface area (Å²) in [4.78, 5) is 0. The molecule has 12 aromatic carbocycles. The second-order valence-corrected chi connectivity index (χ2v) is 17.3. The maximum Gasteiger partial charge on any atom is 0.0561 e. The summed E-state index contributed by atoms with van der Waals surface area (Å²) in [6, 6.07) is 79.3. The highest BCUT2D eigenvalue weighted by Crippen LogP contribution is 2.43. The molecule has 290 valence electrons. The first-order chi connectivity index (χ1) is 31.2. The van der Waals surface area contributed by atoms with Crippen LogP contribution in [0.3, 0.4) is 0 Å². The quantitative estimate of drug-likeness (QED) is 0.158. The molecule has 0 atom stereocenters. The monoisotopic (exact) mass is 797 g/mol. The van der Waals surface area contributed by atoms with Gasteiger partial charge in [-0.15, -0.1) is 0 Å². The van der Waals surface area contributed by atoms with Crippen LogP contribution in [0.1, 0.15) is 0 Å². The van der Waals surface area contributed by atoms with Crippen molar-refractivity contribution in [3.05, 3.63) is 212 Å². The Kier molecular flexibility index (Phi) is 6.41. The molecule has 0 N–H and O–H groups in total. The molecule has 3 nitrogen and oxygen atoms in total. The van der Waals surface area contributed by atoms with Gasteiger partial charge in [-0.3, -0.25) is 0 Å². The van der Waals surface area contributed by atoms with Crippen LogP contribution in [0.15, 0.2) is 212 Å². The van der Waals surface area contributed by atoms with Crippen LogP contribution in [0, 0.1) is 0 Å². The lowest BCUT2D eigenvalue weighted by Gasteiger charge is -2.16. The van der Waals surface area contributed by atoms with E-state index >= 15 is 0 Å². The molecular weight excluding hydrogens is 763 g/mol. The molecule has 0 unspecified atom stereocenters. The fraction of sp³-hybridized carbons (Fsp3) is 0. The lowest BCUT2D eigenvalue weighted by atomic mass is 9.94. The van der Waals surface area contributed by atoms with Crippen molar-refractivity contribution in [1.29, 1.82) is 0 Å². The maximum atomic E-state index is 2.53. The second-order valence-electron chi connectivity index (χ2n) is 17.3. The van der Waals surface area contributed by atoms with Crippen molar-refractivity contribution in [2.24, 2.45) is 0 Å². The molecule has 0 radical (unpaired) electrons. The lowest BCUT2D eigenvalue weighted by molar-refractivity contribution is 1.15. The Labute approximate surface area is 360 Å². The van der Waals surface area contributed by atoms with E-state index in [0.29, 0.717) is 0 Å². The number of hydrogen-bond acceptors (Lipinski definition) is 0. The fourth-order valence-corrected chi connectivity index (χ4v) is 11.5. The van der Waals surface area contributed by atoms with Gasteiger partial charge in [-0.25, -0.2) is 0 Å². The van der Waals surface area contributed by atoms with Gasteiger partial charge in [-0.05, 0) is 115 Å². The van der Waals surface area contributed by atoms with E-state index < -0.39 is 0 Å². The molecular formula is C60H35N3. The van der Waals surface area contributed by atoms with Crippen molar-refractivity contribution in [2.45, 2.75) is 0 Å². The smallest absolute Gasteiger partial charge is 0.0561 e. The third-order valence-electron chi connectivity index (χ3n) is 14.1. The van der Waals surface area contributed by atoms with Crippen molar-refractivity contribution in [3.8, 4) is 17.1 Å². The molecule has 63 heavy (non-hydrogen) atoms. The minimum atomic E-state index is 1.14. The third kappa shape index (κ3) is 4.42. The van der Waals surface area contributed by atoms with Gasteiger partial charge in [0.25, 0.3) is 0 Å². The molecule has 0 fully saturated rings. The number of aromatic nitrogens is 3. The van der Waals surface area contributed by atoms with Gasteiger partial charge in [0, 0.05) is 49.4 Å². The highest BCUT2D eigenvalue weighted by atomic mass is 15.0. The number of hydrogen-bond donors (Lipinski definition) is 0. The largest absolute Gasteiger partial charge is 0.309 e. The second kappa shape index (κ2) is 12.1. The van der Waals surface area contributed by atoms with Gasteiger partial charge < -0.3 is 13.7 Å². The van der Waals surface area contributed by atoms with Crippen LogP contribution < -0.4 is 0 Å². The fourth-order valence-electron chi connectivity index (χ4n) is 11.5. The minimum Gasteiger partial charge on any atom is -0.309 e. The minimum absolute atomic E-state index is 1.14. The predicted molar refractivity (Wildman–Crippen MR) is 268 cm³/mol. The number of rotatable bonds is 3. The van der Waals surface area contributed by atoms with Gasteiger partial charge >= 0.3 is 0 Å². The molecule has 0 amide bonds. The summed E-state index contributed by atoms with van der Waals surface area (Å²) in [5.74, 6) is 0. The zero-order valence-corrected chi connectivity index (χ0v) is 34.0. The number of para-hydroxylation sites is 2. The summed E-state index contributed by atoms with van der Waals surface area (Å²) in [6.07, 6.45) is 0. The standard InChI is InChI=1S/C60H35N3/c1-3-14-45-36(10-1)24-30-53-59(45)49-16-5-7-18-51(49)61(53)42-26-28-47-48-29-27-43(62-52-19-8-6-17-50(52)60-46-15-4-2-11-37(46)25-31-54(60)62)35-56(48)63(55(47)34-42)44-32-40-22-20-38-12-9-13-39-21-23-41(33-44)58(40)57(38)39/h1-35H. The van der Waals surface area contributed by atoms with Crippen LogP contribution in [-0.4, -0.2) is 13.7 Å². The highest BCUT2D eigenvalue weighted by Gasteiger charge is 2.21. The molecule has 3 aromatic heterocycles. The van der Waals surface area contributed by atoms with Crippen LogP contribution in [0.2, 0.25) is 0 Å².